The number of benzene rings is 1. The minimum absolute atomic E-state index is 0.0360. The van der Waals surface area contributed by atoms with Gasteiger partial charge in [0.05, 0.1) is 18.1 Å². The highest BCUT2D eigenvalue weighted by Crippen LogP contribution is 2.34. The Hall–Kier alpha value is -1.92. The molecule has 0 saturated heterocycles. The highest BCUT2D eigenvalue weighted by Gasteiger charge is 2.16. The lowest BCUT2D eigenvalue weighted by Gasteiger charge is -2.02. The van der Waals surface area contributed by atoms with Gasteiger partial charge in [0.25, 0.3) is 5.91 Å². The fourth-order valence-corrected chi connectivity index (χ4v) is 3.22. The maximum atomic E-state index is 12.1. The van der Waals surface area contributed by atoms with E-state index in [-0.39, 0.29) is 12.4 Å². The molecule has 7 heteroatoms. The third-order valence-electron chi connectivity index (χ3n) is 2.79. The van der Waals surface area contributed by atoms with E-state index in [9.17, 15) is 9.59 Å². The summed E-state index contributed by atoms with van der Waals surface area (Å²) in [5.74, 6) is -0.771. The summed E-state index contributed by atoms with van der Waals surface area (Å²) in [6.07, 6.45) is 0.0360. The zero-order valence-corrected chi connectivity index (χ0v) is 13.8. The molecule has 0 aliphatic carbocycles. The molecule has 0 spiro atoms. The van der Waals surface area contributed by atoms with Crippen LogP contribution in [0.15, 0.2) is 29.4 Å². The first kappa shape index (κ1) is 16.5. The zero-order chi connectivity index (χ0) is 16.1. The van der Waals surface area contributed by atoms with Crippen molar-refractivity contribution < 1.29 is 14.3 Å². The van der Waals surface area contributed by atoms with Crippen molar-refractivity contribution in [2.45, 2.75) is 20.3 Å². The summed E-state index contributed by atoms with van der Waals surface area (Å²) in [7, 11) is 0. The number of fused-ring (bicyclic) bond motifs is 1. The minimum atomic E-state index is -0.394. The summed E-state index contributed by atoms with van der Waals surface area (Å²) >= 11 is 7.52. The van der Waals surface area contributed by atoms with Gasteiger partial charge in [-0.2, -0.15) is 5.10 Å². The van der Waals surface area contributed by atoms with Crippen LogP contribution in [0.5, 0.6) is 0 Å². The monoisotopic (exact) mass is 338 g/mol. The predicted molar refractivity (Wildman–Crippen MR) is 88.7 cm³/mol. The van der Waals surface area contributed by atoms with Crippen molar-refractivity contribution in [2.75, 3.05) is 6.61 Å². The Kier molecular flexibility index (Phi) is 5.51. The number of nitrogens with one attached hydrogen (secondary N) is 1. The van der Waals surface area contributed by atoms with E-state index in [0.29, 0.717) is 22.2 Å². The standard InChI is InChI=1S/C15H15ClN2O3S/c1-3-21-12(19)8-9(2)17-18-15(20)14-13(16)10-6-4-5-7-11(10)22-14/h4-7H,3,8H2,1-2H3,(H,18,20)/b17-9+. The summed E-state index contributed by atoms with van der Waals surface area (Å²) in [6, 6.07) is 7.51. The van der Waals surface area contributed by atoms with Gasteiger partial charge in [-0.15, -0.1) is 11.3 Å². The first-order valence-corrected chi connectivity index (χ1v) is 7.88. The third kappa shape index (κ3) is 3.84. The van der Waals surface area contributed by atoms with Gasteiger partial charge in [-0.3, -0.25) is 9.59 Å². The number of carbonyl (C=O) groups is 2. The van der Waals surface area contributed by atoms with Crippen molar-refractivity contribution in [1.82, 2.24) is 5.43 Å². The molecule has 0 atom stereocenters. The largest absolute Gasteiger partial charge is 0.466 e. The Morgan fingerprint density at radius 2 is 2.09 bits per heavy atom. The van der Waals surface area contributed by atoms with Crippen LogP contribution in [-0.4, -0.2) is 24.2 Å². The molecular weight excluding hydrogens is 324 g/mol. The van der Waals surface area contributed by atoms with E-state index in [1.165, 1.54) is 11.3 Å². The molecule has 2 rings (SSSR count). The Morgan fingerprint density at radius 1 is 1.36 bits per heavy atom. The molecule has 5 nitrogen and oxygen atoms in total. The predicted octanol–water partition coefficient (Wildman–Crippen LogP) is 3.61. The van der Waals surface area contributed by atoms with E-state index in [1.54, 1.807) is 13.8 Å². The molecule has 0 unspecified atom stereocenters. The van der Waals surface area contributed by atoms with Gasteiger partial charge in [0.1, 0.15) is 4.88 Å². The summed E-state index contributed by atoms with van der Waals surface area (Å²) in [6.45, 7) is 3.69. The van der Waals surface area contributed by atoms with Crippen molar-refractivity contribution >= 4 is 50.6 Å². The molecule has 1 heterocycles. The van der Waals surface area contributed by atoms with Crippen LogP contribution < -0.4 is 5.43 Å². The third-order valence-corrected chi connectivity index (χ3v) is 4.47. The normalized spacial score (nSPS) is 11.5. The molecule has 116 valence electrons. The second kappa shape index (κ2) is 7.38. The van der Waals surface area contributed by atoms with Crippen LogP contribution in [0, 0.1) is 0 Å². The molecule has 0 radical (unpaired) electrons. The van der Waals surface area contributed by atoms with Crippen molar-refractivity contribution in [3.05, 3.63) is 34.2 Å². The molecule has 1 aromatic heterocycles. The number of esters is 1. The highest BCUT2D eigenvalue weighted by molar-refractivity contribution is 7.21. The smallest absolute Gasteiger partial charge is 0.311 e. The van der Waals surface area contributed by atoms with Crippen LogP contribution in [0.1, 0.15) is 29.9 Å². The number of hydrogen-bond donors (Lipinski definition) is 1. The Morgan fingerprint density at radius 3 is 2.77 bits per heavy atom. The minimum Gasteiger partial charge on any atom is -0.466 e. The van der Waals surface area contributed by atoms with Gasteiger partial charge in [0, 0.05) is 15.8 Å². The van der Waals surface area contributed by atoms with Crippen LogP contribution in [0.25, 0.3) is 10.1 Å². The first-order chi connectivity index (χ1) is 10.5. The average molecular weight is 339 g/mol. The molecule has 22 heavy (non-hydrogen) atoms. The van der Waals surface area contributed by atoms with Crippen molar-refractivity contribution in [2.24, 2.45) is 5.10 Å². The van der Waals surface area contributed by atoms with E-state index < -0.39 is 5.91 Å². The average Bonchev–Trinajstić information content (AvgIpc) is 2.83. The SMILES string of the molecule is CCOC(=O)C/C(C)=N/NC(=O)c1sc2ccccc2c1Cl. The van der Waals surface area contributed by atoms with Crippen LogP contribution in [0.2, 0.25) is 5.02 Å². The van der Waals surface area contributed by atoms with Gasteiger partial charge in [-0.1, -0.05) is 29.8 Å². The van der Waals surface area contributed by atoms with Gasteiger partial charge in [-0.25, -0.2) is 5.43 Å². The van der Waals surface area contributed by atoms with Crippen LogP contribution >= 0.6 is 22.9 Å². The lowest BCUT2D eigenvalue weighted by molar-refractivity contribution is -0.141. The summed E-state index contributed by atoms with van der Waals surface area (Å²) in [5.41, 5.74) is 2.88. The maximum absolute atomic E-state index is 12.1. The van der Waals surface area contributed by atoms with Crippen molar-refractivity contribution in [3.63, 3.8) is 0 Å². The molecule has 0 fully saturated rings. The van der Waals surface area contributed by atoms with Crippen molar-refractivity contribution in [3.8, 4) is 0 Å². The molecule has 0 saturated carbocycles. The molecule has 1 amide bonds. The molecule has 1 aromatic carbocycles. The fraction of sp³-hybridized carbons (Fsp3) is 0.267. The molecule has 2 aromatic rings. The summed E-state index contributed by atoms with van der Waals surface area (Å²) in [5, 5.41) is 5.15. The van der Waals surface area contributed by atoms with Gasteiger partial charge in [0.15, 0.2) is 0 Å². The number of amides is 1. The van der Waals surface area contributed by atoms with E-state index in [2.05, 4.69) is 10.5 Å². The zero-order valence-electron chi connectivity index (χ0n) is 12.2. The van der Waals surface area contributed by atoms with E-state index in [0.717, 1.165) is 10.1 Å². The quantitative estimate of drug-likeness (QED) is 0.514. The fourth-order valence-electron chi connectivity index (χ4n) is 1.82. The van der Waals surface area contributed by atoms with Crippen LogP contribution in [0.3, 0.4) is 0 Å². The van der Waals surface area contributed by atoms with Gasteiger partial charge >= 0.3 is 5.97 Å². The summed E-state index contributed by atoms with van der Waals surface area (Å²) in [4.78, 5) is 23.8. The molecule has 0 aliphatic rings. The van der Waals surface area contributed by atoms with Gasteiger partial charge in [-0.05, 0) is 19.9 Å². The first-order valence-electron chi connectivity index (χ1n) is 6.69. The molecular formula is C15H15ClN2O3S. The number of rotatable bonds is 5. The number of hydrogen-bond acceptors (Lipinski definition) is 5. The molecule has 0 bridgehead atoms. The number of halogens is 1. The van der Waals surface area contributed by atoms with Crippen molar-refractivity contribution in [1.29, 1.82) is 0 Å². The Bertz CT molecular complexity index is 739. The Balaban J connectivity index is 2.08. The number of thiophene rings is 1. The lowest BCUT2D eigenvalue weighted by atomic mass is 10.2. The number of carbonyl (C=O) groups excluding carboxylic acids is 2. The maximum Gasteiger partial charge on any atom is 0.311 e. The summed E-state index contributed by atoms with van der Waals surface area (Å²) < 4.78 is 5.75. The Labute approximate surface area is 136 Å². The van der Waals surface area contributed by atoms with Gasteiger partial charge in [0.2, 0.25) is 0 Å². The van der Waals surface area contributed by atoms with E-state index in [1.807, 2.05) is 24.3 Å². The molecule has 0 aliphatic heterocycles. The lowest BCUT2D eigenvalue weighted by Crippen LogP contribution is -2.19. The number of ether oxygens (including phenoxy) is 1. The number of nitrogens with zero attached hydrogens (tertiary/aromatic N) is 1. The second-order valence-corrected chi connectivity index (χ2v) is 5.94. The molecule has 1 N–H and O–H groups in total. The number of hydrazone groups is 1. The van der Waals surface area contributed by atoms with E-state index >= 15 is 0 Å². The second-order valence-electron chi connectivity index (χ2n) is 4.51. The highest BCUT2D eigenvalue weighted by atomic mass is 35.5. The van der Waals surface area contributed by atoms with E-state index in [4.69, 9.17) is 16.3 Å². The van der Waals surface area contributed by atoms with Crippen LogP contribution in [0.4, 0.5) is 0 Å². The topological polar surface area (TPSA) is 67.8 Å². The van der Waals surface area contributed by atoms with Gasteiger partial charge < -0.3 is 4.74 Å². The van der Waals surface area contributed by atoms with Crippen LogP contribution in [-0.2, 0) is 9.53 Å².